The van der Waals surface area contributed by atoms with Gasteiger partial charge in [0.1, 0.15) is 6.54 Å². The van der Waals surface area contributed by atoms with Crippen molar-refractivity contribution in [3.63, 3.8) is 0 Å². The van der Waals surface area contributed by atoms with Gasteiger partial charge >= 0.3 is 0 Å². The molecule has 0 atom stereocenters. The van der Waals surface area contributed by atoms with Crippen molar-refractivity contribution in [2.75, 3.05) is 32.4 Å². The SMILES string of the molecule is COc1cc(NC(=O)CSc2nnc(Cn3nccc3C)o2)cc(OC)c1OC. The highest BCUT2D eigenvalue weighted by atomic mass is 32.2. The predicted molar refractivity (Wildman–Crippen MR) is 106 cm³/mol. The molecule has 0 saturated heterocycles. The normalized spacial score (nSPS) is 10.6. The van der Waals surface area contributed by atoms with E-state index in [2.05, 4.69) is 20.6 Å². The summed E-state index contributed by atoms with van der Waals surface area (Å²) >= 11 is 1.14. The van der Waals surface area contributed by atoms with Crippen LogP contribution in [0.1, 0.15) is 11.6 Å². The summed E-state index contributed by atoms with van der Waals surface area (Å²) in [7, 11) is 4.54. The van der Waals surface area contributed by atoms with Gasteiger partial charge in [-0.3, -0.25) is 9.48 Å². The number of rotatable bonds is 9. The van der Waals surface area contributed by atoms with E-state index in [9.17, 15) is 4.79 Å². The molecule has 0 aliphatic carbocycles. The highest BCUT2D eigenvalue weighted by molar-refractivity contribution is 7.99. The van der Waals surface area contributed by atoms with Crippen LogP contribution < -0.4 is 19.5 Å². The molecule has 1 amide bonds. The highest BCUT2D eigenvalue weighted by Crippen LogP contribution is 2.39. The molecule has 11 heteroatoms. The average Bonchev–Trinajstić information content (AvgIpc) is 3.34. The maximum Gasteiger partial charge on any atom is 0.277 e. The molecule has 2 heterocycles. The van der Waals surface area contributed by atoms with Gasteiger partial charge in [-0.25, -0.2) is 0 Å². The van der Waals surface area contributed by atoms with Crippen molar-refractivity contribution < 1.29 is 23.4 Å². The fourth-order valence-electron chi connectivity index (χ4n) is 2.53. The van der Waals surface area contributed by atoms with Gasteiger partial charge in [-0.15, -0.1) is 10.2 Å². The number of hydrogen-bond donors (Lipinski definition) is 1. The Kier molecular flexibility index (Phi) is 6.60. The first-order chi connectivity index (χ1) is 14.0. The molecule has 0 saturated carbocycles. The van der Waals surface area contributed by atoms with Gasteiger partial charge in [0.25, 0.3) is 5.22 Å². The Morgan fingerprint density at radius 1 is 1.17 bits per heavy atom. The predicted octanol–water partition coefficient (Wildman–Crippen LogP) is 2.38. The van der Waals surface area contributed by atoms with E-state index in [0.717, 1.165) is 17.5 Å². The zero-order chi connectivity index (χ0) is 20.8. The Morgan fingerprint density at radius 3 is 2.48 bits per heavy atom. The van der Waals surface area contributed by atoms with E-state index in [-0.39, 0.29) is 11.7 Å². The van der Waals surface area contributed by atoms with E-state index >= 15 is 0 Å². The molecule has 0 fully saturated rings. The molecular weight excluding hydrogens is 398 g/mol. The smallest absolute Gasteiger partial charge is 0.277 e. The number of amides is 1. The van der Waals surface area contributed by atoms with Crippen LogP contribution in [-0.2, 0) is 11.3 Å². The molecule has 10 nitrogen and oxygen atoms in total. The molecule has 0 radical (unpaired) electrons. The molecule has 0 bridgehead atoms. The average molecular weight is 419 g/mol. The number of aromatic nitrogens is 4. The number of nitrogens with one attached hydrogen (secondary N) is 1. The van der Waals surface area contributed by atoms with Gasteiger partial charge in [-0.1, -0.05) is 11.8 Å². The van der Waals surface area contributed by atoms with Crippen LogP contribution in [0.3, 0.4) is 0 Å². The summed E-state index contributed by atoms with van der Waals surface area (Å²) in [5.41, 5.74) is 1.51. The Morgan fingerprint density at radius 2 is 1.90 bits per heavy atom. The topological polar surface area (TPSA) is 114 Å². The van der Waals surface area contributed by atoms with Crippen molar-refractivity contribution in [1.82, 2.24) is 20.0 Å². The lowest BCUT2D eigenvalue weighted by molar-refractivity contribution is -0.113. The molecule has 1 N–H and O–H groups in total. The maximum atomic E-state index is 12.3. The van der Waals surface area contributed by atoms with Crippen molar-refractivity contribution in [1.29, 1.82) is 0 Å². The molecule has 0 spiro atoms. The second-order valence-electron chi connectivity index (χ2n) is 5.84. The van der Waals surface area contributed by atoms with Crippen LogP contribution in [0.5, 0.6) is 17.2 Å². The van der Waals surface area contributed by atoms with Crippen molar-refractivity contribution >= 4 is 23.4 Å². The van der Waals surface area contributed by atoms with E-state index in [1.54, 1.807) is 23.0 Å². The number of methoxy groups -OCH3 is 3. The minimum Gasteiger partial charge on any atom is -0.493 e. The van der Waals surface area contributed by atoms with Crippen LogP contribution in [-0.4, -0.2) is 53.0 Å². The molecule has 0 aliphatic rings. The summed E-state index contributed by atoms with van der Waals surface area (Å²) in [5, 5.41) is 15.2. The molecular formula is C18H21N5O5S. The lowest BCUT2D eigenvalue weighted by atomic mass is 10.2. The Bertz CT molecular complexity index is 962. The van der Waals surface area contributed by atoms with Crippen LogP contribution in [0.15, 0.2) is 34.0 Å². The third-order valence-electron chi connectivity index (χ3n) is 3.94. The second-order valence-corrected chi connectivity index (χ2v) is 6.77. The van der Waals surface area contributed by atoms with Crippen molar-refractivity contribution in [3.05, 3.63) is 36.0 Å². The molecule has 3 rings (SSSR count). The summed E-state index contributed by atoms with van der Waals surface area (Å²) in [6.45, 7) is 2.32. The molecule has 0 aliphatic heterocycles. The summed E-state index contributed by atoms with van der Waals surface area (Å²) in [5.74, 6) is 1.62. The number of nitrogens with zero attached hydrogens (tertiary/aromatic N) is 4. The number of carbonyl (C=O) groups excluding carboxylic acids is 1. The summed E-state index contributed by atoms with van der Waals surface area (Å²) < 4.78 is 23.1. The zero-order valence-corrected chi connectivity index (χ0v) is 17.3. The number of carbonyl (C=O) groups is 1. The van der Waals surface area contributed by atoms with Crippen LogP contribution in [0.2, 0.25) is 0 Å². The van der Waals surface area contributed by atoms with Crippen molar-refractivity contribution in [2.24, 2.45) is 0 Å². The molecule has 0 unspecified atom stereocenters. The number of ether oxygens (including phenoxy) is 3. The fraction of sp³-hybridized carbons (Fsp3) is 0.333. The minimum atomic E-state index is -0.244. The molecule has 29 heavy (non-hydrogen) atoms. The van der Waals surface area contributed by atoms with E-state index in [1.165, 1.54) is 21.3 Å². The zero-order valence-electron chi connectivity index (χ0n) is 16.5. The molecule has 3 aromatic rings. The molecule has 1 aromatic carbocycles. The minimum absolute atomic E-state index is 0.0963. The second kappa shape index (κ2) is 9.32. The highest BCUT2D eigenvalue weighted by Gasteiger charge is 2.15. The van der Waals surface area contributed by atoms with E-state index < -0.39 is 0 Å². The third kappa shape index (κ3) is 4.99. The summed E-state index contributed by atoms with van der Waals surface area (Å²) in [6.07, 6.45) is 1.70. The number of anilines is 1. The van der Waals surface area contributed by atoms with Crippen LogP contribution in [0, 0.1) is 6.92 Å². The molecule has 154 valence electrons. The van der Waals surface area contributed by atoms with Gasteiger partial charge < -0.3 is 23.9 Å². The number of hydrogen-bond acceptors (Lipinski definition) is 9. The lowest BCUT2D eigenvalue weighted by Gasteiger charge is -2.14. The van der Waals surface area contributed by atoms with Gasteiger partial charge in [0, 0.05) is 29.7 Å². The van der Waals surface area contributed by atoms with E-state index in [4.69, 9.17) is 18.6 Å². The van der Waals surface area contributed by atoms with Gasteiger partial charge in [0.15, 0.2) is 11.5 Å². The van der Waals surface area contributed by atoms with Crippen LogP contribution >= 0.6 is 11.8 Å². The summed E-state index contributed by atoms with van der Waals surface area (Å²) in [6, 6.07) is 5.20. The fourth-order valence-corrected chi connectivity index (χ4v) is 3.11. The van der Waals surface area contributed by atoms with E-state index in [0.29, 0.717) is 40.6 Å². The Balaban J connectivity index is 1.58. The molecule has 2 aromatic heterocycles. The van der Waals surface area contributed by atoms with Crippen molar-refractivity contribution in [2.45, 2.75) is 18.7 Å². The first kappa shape index (κ1) is 20.5. The lowest BCUT2D eigenvalue weighted by Crippen LogP contribution is -2.14. The van der Waals surface area contributed by atoms with Crippen LogP contribution in [0.25, 0.3) is 0 Å². The van der Waals surface area contributed by atoms with Crippen molar-refractivity contribution in [3.8, 4) is 17.2 Å². The standard InChI is InChI=1S/C18H21N5O5S/c1-11-5-6-19-23(11)9-16-21-22-18(28-16)29-10-15(24)20-12-7-13(25-2)17(27-4)14(8-12)26-3/h5-8H,9-10H2,1-4H3,(H,20,24). The Labute approximate surface area is 171 Å². The quantitative estimate of drug-likeness (QED) is 0.522. The van der Waals surface area contributed by atoms with Gasteiger partial charge in [-0.2, -0.15) is 5.10 Å². The first-order valence-electron chi connectivity index (χ1n) is 8.57. The van der Waals surface area contributed by atoms with Gasteiger partial charge in [-0.05, 0) is 13.0 Å². The largest absolute Gasteiger partial charge is 0.493 e. The number of benzene rings is 1. The van der Waals surface area contributed by atoms with E-state index in [1.807, 2.05) is 13.0 Å². The Hall–Kier alpha value is -3.21. The first-order valence-corrected chi connectivity index (χ1v) is 9.56. The van der Waals surface area contributed by atoms with Gasteiger partial charge in [0.2, 0.25) is 17.5 Å². The number of thioether (sulfide) groups is 1. The van der Waals surface area contributed by atoms with Gasteiger partial charge in [0.05, 0.1) is 27.1 Å². The third-order valence-corrected chi connectivity index (χ3v) is 4.76. The number of aryl methyl sites for hydroxylation is 1. The summed E-state index contributed by atoms with van der Waals surface area (Å²) in [4.78, 5) is 12.3. The van der Waals surface area contributed by atoms with Crippen LogP contribution in [0.4, 0.5) is 5.69 Å². The maximum absolute atomic E-state index is 12.3. The monoisotopic (exact) mass is 419 g/mol.